The van der Waals surface area contributed by atoms with Crippen LogP contribution in [-0.4, -0.2) is 34.3 Å². The first-order chi connectivity index (χ1) is 13.8. The average Bonchev–Trinajstić information content (AvgIpc) is 2.95. The number of carbonyl (C=O) groups excluding carboxylic acids is 3. The molecule has 1 saturated heterocycles. The number of benzene rings is 2. The molecule has 148 valence electrons. The Morgan fingerprint density at radius 2 is 1.79 bits per heavy atom. The molecule has 0 bridgehead atoms. The number of primary amides is 1. The summed E-state index contributed by atoms with van der Waals surface area (Å²) in [5.74, 6) is -0.668. The molecule has 0 saturated carbocycles. The van der Waals surface area contributed by atoms with E-state index in [1.54, 1.807) is 24.3 Å². The first-order valence-electron chi connectivity index (χ1n) is 8.42. The number of nitro benzene ring substituents is 1. The topological polar surface area (TPSA) is 145 Å². The van der Waals surface area contributed by atoms with Gasteiger partial charge in [-0.2, -0.15) is 0 Å². The van der Waals surface area contributed by atoms with Gasteiger partial charge in [0, 0.05) is 12.1 Å². The minimum Gasteiger partial charge on any atom is -0.484 e. The molecule has 0 aromatic heterocycles. The van der Waals surface area contributed by atoms with Crippen LogP contribution in [0.4, 0.5) is 10.5 Å². The maximum atomic E-state index is 12.5. The Hall–Kier alpha value is -4.21. The van der Waals surface area contributed by atoms with Gasteiger partial charge >= 0.3 is 6.03 Å². The van der Waals surface area contributed by atoms with E-state index in [9.17, 15) is 24.5 Å². The van der Waals surface area contributed by atoms with Crippen molar-refractivity contribution in [2.75, 3.05) is 6.61 Å². The molecule has 1 aliphatic heterocycles. The zero-order valence-electron chi connectivity index (χ0n) is 15.0. The molecule has 1 aliphatic rings. The van der Waals surface area contributed by atoms with Crippen LogP contribution in [0, 0.1) is 10.1 Å². The Morgan fingerprint density at radius 3 is 2.38 bits per heavy atom. The number of nitro groups is 1. The Bertz CT molecular complexity index is 998. The molecule has 2 aromatic carbocycles. The number of urea groups is 1. The highest BCUT2D eigenvalue weighted by molar-refractivity contribution is 6.13. The number of nitrogens with one attached hydrogen (secondary N) is 1. The van der Waals surface area contributed by atoms with Crippen molar-refractivity contribution < 1.29 is 24.0 Å². The number of hydrogen-bond donors (Lipinski definition) is 2. The molecule has 0 radical (unpaired) electrons. The number of nitrogens with two attached hydrogens (primary N) is 1. The molecule has 2 aromatic rings. The predicted octanol–water partition coefficient (Wildman–Crippen LogP) is 1.55. The first-order valence-corrected chi connectivity index (χ1v) is 8.42. The lowest BCUT2D eigenvalue weighted by atomic mass is 10.1. The van der Waals surface area contributed by atoms with Gasteiger partial charge in [-0.1, -0.05) is 24.3 Å². The lowest BCUT2D eigenvalue weighted by Gasteiger charge is -2.11. The minimum atomic E-state index is -0.594. The van der Waals surface area contributed by atoms with E-state index in [4.69, 9.17) is 10.5 Å². The SMILES string of the molecule is NC(=O)COc1ccc(/C=C2/NC(=O)N(Cc3ccc([N+](=O)[O-])cc3)C2=O)cc1. The summed E-state index contributed by atoms with van der Waals surface area (Å²) in [7, 11) is 0. The van der Waals surface area contributed by atoms with Crippen molar-refractivity contribution in [3.63, 3.8) is 0 Å². The summed E-state index contributed by atoms with van der Waals surface area (Å²) in [5, 5.41) is 13.2. The summed E-state index contributed by atoms with van der Waals surface area (Å²) in [6.45, 7) is -0.257. The van der Waals surface area contributed by atoms with Crippen LogP contribution >= 0.6 is 0 Å². The van der Waals surface area contributed by atoms with Gasteiger partial charge in [-0.25, -0.2) is 4.79 Å². The van der Waals surface area contributed by atoms with Crippen LogP contribution in [0.25, 0.3) is 6.08 Å². The van der Waals surface area contributed by atoms with Gasteiger partial charge in [-0.3, -0.25) is 24.6 Å². The third-order valence-electron chi connectivity index (χ3n) is 4.02. The molecule has 29 heavy (non-hydrogen) atoms. The van der Waals surface area contributed by atoms with Crippen LogP contribution in [0.5, 0.6) is 5.75 Å². The Kier molecular flexibility index (Phi) is 5.54. The van der Waals surface area contributed by atoms with Gasteiger partial charge in [0.1, 0.15) is 11.4 Å². The summed E-state index contributed by atoms with van der Waals surface area (Å²) in [4.78, 5) is 46.6. The van der Waals surface area contributed by atoms with Gasteiger partial charge < -0.3 is 15.8 Å². The van der Waals surface area contributed by atoms with E-state index >= 15 is 0 Å². The number of rotatable bonds is 7. The fraction of sp³-hybridized carbons (Fsp3) is 0.105. The van der Waals surface area contributed by atoms with Crippen molar-refractivity contribution >= 4 is 29.6 Å². The van der Waals surface area contributed by atoms with E-state index in [0.717, 1.165) is 4.90 Å². The van der Waals surface area contributed by atoms with Gasteiger partial charge in [0.25, 0.3) is 17.5 Å². The van der Waals surface area contributed by atoms with Crippen LogP contribution in [0.1, 0.15) is 11.1 Å². The molecule has 1 heterocycles. The smallest absolute Gasteiger partial charge is 0.329 e. The van der Waals surface area contributed by atoms with Crippen molar-refractivity contribution in [2.24, 2.45) is 5.73 Å². The summed E-state index contributed by atoms with van der Waals surface area (Å²) in [6.07, 6.45) is 1.51. The Morgan fingerprint density at radius 1 is 1.14 bits per heavy atom. The maximum Gasteiger partial charge on any atom is 0.329 e. The zero-order chi connectivity index (χ0) is 21.0. The molecule has 0 spiro atoms. The molecule has 10 nitrogen and oxygen atoms in total. The van der Waals surface area contributed by atoms with Gasteiger partial charge in [0.15, 0.2) is 6.61 Å². The van der Waals surface area contributed by atoms with E-state index in [1.165, 1.54) is 30.3 Å². The molecule has 3 N–H and O–H groups in total. The molecule has 1 fully saturated rings. The van der Waals surface area contributed by atoms with Crippen molar-refractivity contribution in [2.45, 2.75) is 6.54 Å². The minimum absolute atomic E-state index is 0.0140. The van der Waals surface area contributed by atoms with E-state index in [-0.39, 0.29) is 24.5 Å². The molecule has 3 rings (SSSR count). The van der Waals surface area contributed by atoms with Crippen molar-refractivity contribution in [1.29, 1.82) is 0 Å². The highest BCUT2D eigenvalue weighted by Crippen LogP contribution is 2.20. The number of ether oxygens (including phenoxy) is 1. The zero-order valence-corrected chi connectivity index (χ0v) is 15.0. The summed E-state index contributed by atoms with van der Waals surface area (Å²) >= 11 is 0. The van der Waals surface area contributed by atoms with E-state index < -0.39 is 22.8 Å². The lowest BCUT2D eigenvalue weighted by molar-refractivity contribution is -0.384. The number of carbonyl (C=O) groups is 3. The quantitative estimate of drug-likeness (QED) is 0.314. The molecule has 10 heteroatoms. The van der Waals surface area contributed by atoms with Gasteiger partial charge in [-0.15, -0.1) is 0 Å². The summed E-state index contributed by atoms with van der Waals surface area (Å²) in [5.41, 5.74) is 6.25. The fourth-order valence-corrected chi connectivity index (χ4v) is 2.60. The molecule has 0 atom stereocenters. The van der Waals surface area contributed by atoms with Gasteiger partial charge in [0.05, 0.1) is 11.5 Å². The molecule has 4 amide bonds. The second-order valence-corrected chi connectivity index (χ2v) is 6.13. The summed E-state index contributed by atoms with van der Waals surface area (Å²) in [6, 6.07) is 11.5. The molecular formula is C19H16N4O6. The third kappa shape index (κ3) is 4.75. The summed E-state index contributed by atoms with van der Waals surface area (Å²) < 4.78 is 5.15. The highest BCUT2D eigenvalue weighted by Gasteiger charge is 2.33. The number of nitrogens with zero attached hydrogens (tertiary/aromatic N) is 2. The third-order valence-corrected chi connectivity index (χ3v) is 4.02. The Balaban J connectivity index is 1.69. The van der Waals surface area contributed by atoms with Crippen LogP contribution in [0.3, 0.4) is 0 Å². The van der Waals surface area contributed by atoms with E-state index in [0.29, 0.717) is 16.9 Å². The molecular weight excluding hydrogens is 380 g/mol. The molecule has 0 unspecified atom stereocenters. The van der Waals surface area contributed by atoms with Crippen molar-refractivity contribution in [3.05, 3.63) is 75.5 Å². The Labute approximate surface area is 164 Å². The van der Waals surface area contributed by atoms with Crippen LogP contribution < -0.4 is 15.8 Å². The van der Waals surface area contributed by atoms with Gasteiger partial charge in [0.2, 0.25) is 0 Å². The van der Waals surface area contributed by atoms with Gasteiger partial charge in [-0.05, 0) is 29.3 Å². The van der Waals surface area contributed by atoms with Crippen LogP contribution in [0.2, 0.25) is 0 Å². The monoisotopic (exact) mass is 396 g/mol. The maximum absolute atomic E-state index is 12.5. The fourth-order valence-electron chi connectivity index (χ4n) is 2.60. The van der Waals surface area contributed by atoms with E-state index in [1.807, 2.05) is 0 Å². The number of imide groups is 1. The normalized spacial score (nSPS) is 14.8. The van der Waals surface area contributed by atoms with Crippen LogP contribution in [0.15, 0.2) is 54.2 Å². The standard InChI is InChI=1S/C19H16N4O6/c20-17(24)11-29-15-7-3-12(4-8-15)9-16-18(25)22(19(26)21-16)10-13-1-5-14(6-2-13)23(27)28/h1-9H,10-11H2,(H2,20,24)(H,21,26)/b16-9+. The highest BCUT2D eigenvalue weighted by atomic mass is 16.6. The second kappa shape index (κ2) is 8.21. The van der Waals surface area contributed by atoms with E-state index in [2.05, 4.69) is 5.32 Å². The molecule has 0 aliphatic carbocycles. The second-order valence-electron chi connectivity index (χ2n) is 6.13. The number of non-ortho nitro benzene ring substituents is 1. The van der Waals surface area contributed by atoms with Crippen LogP contribution in [-0.2, 0) is 16.1 Å². The average molecular weight is 396 g/mol. The predicted molar refractivity (Wildman–Crippen MR) is 101 cm³/mol. The van der Waals surface area contributed by atoms with Crippen molar-refractivity contribution in [1.82, 2.24) is 10.2 Å². The largest absolute Gasteiger partial charge is 0.484 e. The first kappa shape index (κ1) is 19.5. The van der Waals surface area contributed by atoms with Crippen molar-refractivity contribution in [3.8, 4) is 5.75 Å². The number of amides is 4. The lowest BCUT2D eigenvalue weighted by Crippen LogP contribution is -2.30. The number of hydrogen-bond acceptors (Lipinski definition) is 6.